The maximum atomic E-state index is 13.7. The number of nitrogen functional groups attached to an aromatic ring is 1. The van der Waals surface area contributed by atoms with Gasteiger partial charge < -0.3 is 5.73 Å². The van der Waals surface area contributed by atoms with Gasteiger partial charge in [-0.25, -0.2) is 22.3 Å². The summed E-state index contributed by atoms with van der Waals surface area (Å²) in [6.45, 7) is 0. The standard InChI is InChI=1S/C22H23FN4O3S/c23-20-14-27(22(28)25-21(20)24)18-9-8-17(13-18)26-31(29,30)19-10-6-16(7-11-19)12-15-4-2-1-3-5-15/h1-7,10-11,14,17-18,26H,8-9,12-13H2,(H2,24,25,28)/t17-,18-/m0/s1. The van der Waals surface area contributed by atoms with Crippen LogP contribution in [0.25, 0.3) is 0 Å². The maximum absolute atomic E-state index is 13.7. The number of nitrogens with one attached hydrogen (secondary N) is 1. The highest BCUT2D eigenvalue weighted by molar-refractivity contribution is 7.89. The van der Waals surface area contributed by atoms with Crippen molar-refractivity contribution >= 4 is 15.8 Å². The quantitative estimate of drug-likeness (QED) is 0.610. The predicted molar refractivity (Wildman–Crippen MR) is 116 cm³/mol. The summed E-state index contributed by atoms with van der Waals surface area (Å²) in [7, 11) is -3.71. The Bertz CT molecular complexity index is 1230. The van der Waals surface area contributed by atoms with Crippen LogP contribution >= 0.6 is 0 Å². The van der Waals surface area contributed by atoms with E-state index in [0.717, 1.165) is 23.7 Å². The number of aromatic nitrogens is 2. The number of anilines is 1. The fourth-order valence-corrected chi connectivity index (χ4v) is 5.23. The van der Waals surface area contributed by atoms with Crippen LogP contribution in [-0.2, 0) is 16.4 Å². The number of nitrogens with zero attached hydrogens (tertiary/aromatic N) is 2. The first kappa shape index (κ1) is 21.2. The maximum Gasteiger partial charge on any atom is 0.349 e. The SMILES string of the molecule is Nc1nc(=O)n([C@H]2CC[C@H](NS(=O)(=O)c3ccc(Cc4ccccc4)cc3)C2)cc1F. The molecule has 1 heterocycles. The van der Waals surface area contributed by atoms with Gasteiger partial charge in [-0.05, 0) is 48.9 Å². The minimum atomic E-state index is -3.71. The molecule has 4 rings (SSSR count). The van der Waals surface area contributed by atoms with Crippen molar-refractivity contribution in [2.45, 2.75) is 42.7 Å². The number of sulfonamides is 1. The molecule has 31 heavy (non-hydrogen) atoms. The van der Waals surface area contributed by atoms with Crippen molar-refractivity contribution in [1.82, 2.24) is 14.3 Å². The molecular formula is C22H23FN4O3S. The van der Waals surface area contributed by atoms with Crippen LogP contribution in [-0.4, -0.2) is 24.0 Å². The summed E-state index contributed by atoms with van der Waals surface area (Å²) in [6.07, 6.45) is 3.20. The molecule has 9 heteroatoms. The van der Waals surface area contributed by atoms with Crippen molar-refractivity contribution in [3.8, 4) is 0 Å². The van der Waals surface area contributed by atoms with Gasteiger partial charge in [0, 0.05) is 18.3 Å². The summed E-state index contributed by atoms with van der Waals surface area (Å²) in [5, 5.41) is 0. The van der Waals surface area contributed by atoms with E-state index in [1.165, 1.54) is 4.57 Å². The topological polar surface area (TPSA) is 107 Å². The van der Waals surface area contributed by atoms with Crippen molar-refractivity contribution in [2.75, 3.05) is 5.73 Å². The second-order valence-corrected chi connectivity index (χ2v) is 9.47. The highest BCUT2D eigenvalue weighted by Crippen LogP contribution is 2.30. The Hall–Kier alpha value is -3.04. The predicted octanol–water partition coefficient (Wildman–Crippen LogP) is 2.63. The summed E-state index contributed by atoms with van der Waals surface area (Å²) in [6, 6.07) is 16.0. The van der Waals surface area contributed by atoms with Crippen LogP contribution in [0.3, 0.4) is 0 Å². The van der Waals surface area contributed by atoms with Gasteiger partial charge in [-0.2, -0.15) is 4.98 Å². The molecular weight excluding hydrogens is 419 g/mol. The molecule has 0 spiro atoms. The molecule has 1 saturated carbocycles. The normalized spacial score (nSPS) is 18.9. The highest BCUT2D eigenvalue weighted by atomic mass is 32.2. The minimum Gasteiger partial charge on any atom is -0.381 e. The lowest BCUT2D eigenvalue weighted by molar-refractivity contribution is 0.461. The van der Waals surface area contributed by atoms with E-state index in [1.807, 2.05) is 30.3 Å². The third kappa shape index (κ3) is 4.83. The Balaban J connectivity index is 1.42. The van der Waals surface area contributed by atoms with Crippen molar-refractivity contribution in [2.24, 2.45) is 0 Å². The van der Waals surface area contributed by atoms with E-state index in [9.17, 15) is 17.6 Å². The van der Waals surface area contributed by atoms with E-state index in [0.29, 0.717) is 19.3 Å². The van der Waals surface area contributed by atoms with Gasteiger partial charge in [-0.3, -0.25) is 4.57 Å². The van der Waals surface area contributed by atoms with E-state index >= 15 is 0 Å². The van der Waals surface area contributed by atoms with Crippen LogP contribution in [0.2, 0.25) is 0 Å². The third-order valence-corrected chi connectivity index (χ3v) is 7.08. The van der Waals surface area contributed by atoms with Crippen molar-refractivity contribution in [3.05, 3.63) is 88.2 Å². The zero-order chi connectivity index (χ0) is 22.0. The molecule has 1 aliphatic carbocycles. The molecule has 0 radical (unpaired) electrons. The van der Waals surface area contributed by atoms with Crippen LogP contribution in [0.4, 0.5) is 10.2 Å². The third-order valence-electron chi connectivity index (χ3n) is 5.54. The van der Waals surface area contributed by atoms with Gasteiger partial charge in [0.25, 0.3) is 0 Å². The monoisotopic (exact) mass is 442 g/mol. The Morgan fingerprint density at radius 2 is 1.74 bits per heavy atom. The Morgan fingerprint density at radius 3 is 2.45 bits per heavy atom. The van der Waals surface area contributed by atoms with Gasteiger partial charge in [0.05, 0.1) is 4.90 Å². The molecule has 162 valence electrons. The van der Waals surface area contributed by atoms with E-state index < -0.39 is 27.3 Å². The molecule has 7 nitrogen and oxygen atoms in total. The van der Waals surface area contributed by atoms with Gasteiger partial charge in [0.15, 0.2) is 11.6 Å². The first-order chi connectivity index (χ1) is 14.8. The van der Waals surface area contributed by atoms with Crippen LogP contribution in [0.5, 0.6) is 0 Å². The lowest BCUT2D eigenvalue weighted by Crippen LogP contribution is -2.34. The van der Waals surface area contributed by atoms with Gasteiger partial charge in [0.2, 0.25) is 10.0 Å². The van der Waals surface area contributed by atoms with Crippen LogP contribution in [0.15, 0.2) is 70.5 Å². The van der Waals surface area contributed by atoms with E-state index in [2.05, 4.69) is 9.71 Å². The van der Waals surface area contributed by atoms with Crippen LogP contribution in [0, 0.1) is 5.82 Å². The molecule has 3 aromatic rings. The lowest BCUT2D eigenvalue weighted by atomic mass is 10.1. The van der Waals surface area contributed by atoms with Crippen LogP contribution < -0.4 is 16.1 Å². The number of hydrogen-bond acceptors (Lipinski definition) is 5. The van der Waals surface area contributed by atoms with Gasteiger partial charge in [0.1, 0.15) is 0 Å². The van der Waals surface area contributed by atoms with E-state index in [4.69, 9.17) is 5.73 Å². The molecule has 2 atom stereocenters. The Labute approximate surface area is 179 Å². The van der Waals surface area contributed by atoms with E-state index in [1.54, 1.807) is 24.3 Å². The average molecular weight is 443 g/mol. The molecule has 0 saturated heterocycles. The fourth-order valence-electron chi connectivity index (χ4n) is 3.94. The molecule has 0 bridgehead atoms. The zero-order valence-electron chi connectivity index (χ0n) is 16.7. The largest absolute Gasteiger partial charge is 0.381 e. The summed E-state index contributed by atoms with van der Waals surface area (Å²) >= 11 is 0. The molecule has 1 fully saturated rings. The smallest absolute Gasteiger partial charge is 0.349 e. The summed E-state index contributed by atoms with van der Waals surface area (Å²) < 4.78 is 43.2. The zero-order valence-corrected chi connectivity index (χ0v) is 17.6. The number of benzene rings is 2. The molecule has 0 amide bonds. The van der Waals surface area contributed by atoms with Gasteiger partial charge in [-0.1, -0.05) is 42.5 Å². The number of rotatable bonds is 6. The molecule has 0 unspecified atom stereocenters. The minimum absolute atomic E-state index is 0.185. The molecule has 1 aliphatic rings. The number of hydrogen-bond donors (Lipinski definition) is 2. The fraction of sp³-hybridized carbons (Fsp3) is 0.273. The Morgan fingerprint density at radius 1 is 1.06 bits per heavy atom. The first-order valence-corrected chi connectivity index (χ1v) is 11.5. The summed E-state index contributed by atoms with van der Waals surface area (Å²) in [5.74, 6) is -1.20. The molecule has 2 aromatic carbocycles. The van der Waals surface area contributed by atoms with Crippen molar-refractivity contribution in [1.29, 1.82) is 0 Å². The number of nitrogens with two attached hydrogens (primary N) is 1. The van der Waals surface area contributed by atoms with Gasteiger partial charge in [-0.15, -0.1) is 0 Å². The second-order valence-electron chi connectivity index (χ2n) is 7.76. The number of halogens is 1. The average Bonchev–Trinajstić information content (AvgIpc) is 3.19. The molecule has 1 aromatic heterocycles. The molecule has 3 N–H and O–H groups in total. The van der Waals surface area contributed by atoms with Crippen molar-refractivity contribution in [3.63, 3.8) is 0 Å². The summed E-state index contributed by atoms with van der Waals surface area (Å²) in [4.78, 5) is 15.7. The van der Waals surface area contributed by atoms with Crippen molar-refractivity contribution < 1.29 is 12.8 Å². The lowest BCUT2D eigenvalue weighted by Gasteiger charge is -2.16. The Kier molecular flexibility index (Phi) is 5.88. The molecule has 0 aliphatic heterocycles. The van der Waals surface area contributed by atoms with Gasteiger partial charge >= 0.3 is 5.69 Å². The highest BCUT2D eigenvalue weighted by Gasteiger charge is 2.30. The van der Waals surface area contributed by atoms with E-state index in [-0.39, 0.29) is 17.0 Å². The van der Waals surface area contributed by atoms with Crippen LogP contribution in [0.1, 0.15) is 36.4 Å². The summed E-state index contributed by atoms with van der Waals surface area (Å²) in [5.41, 5.74) is 6.86. The second kappa shape index (κ2) is 8.60. The first-order valence-electron chi connectivity index (χ1n) is 10.0.